The predicted molar refractivity (Wildman–Crippen MR) is 128 cm³/mol. The van der Waals surface area contributed by atoms with Crippen LogP contribution in [0.15, 0.2) is 30.6 Å². The summed E-state index contributed by atoms with van der Waals surface area (Å²) in [5.74, 6) is 0.675. The van der Waals surface area contributed by atoms with E-state index >= 15 is 0 Å². The molecule has 7 nitrogen and oxygen atoms in total. The minimum absolute atomic E-state index is 0.170. The molecule has 1 saturated heterocycles. The van der Waals surface area contributed by atoms with Gasteiger partial charge in [-0.15, -0.1) is 0 Å². The first-order valence-corrected chi connectivity index (χ1v) is 12.5. The van der Waals surface area contributed by atoms with Gasteiger partial charge in [-0.1, -0.05) is 13.8 Å². The molecule has 4 rings (SSSR count). The zero-order valence-corrected chi connectivity index (χ0v) is 20.7. The van der Waals surface area contributed by atoms with E-state index in [0.29, 0.717) is 38.5 Å². The van der Waals surface area contributed by atoms with Crippen LogP contribution in [0.3, 0.4) is 0 Å². The molecule has 2 aromatic heterocycles. The number of piperazine rings is 1. The number of nitrogens with zero attached hydrogens (tertiary/aromatic N) is 5. The summed E-state index contributed by atoms with van der Waals surface area (Å²) in [6, 6.07) is 4.34. The molecule has 2 fully saturated rings. The molecule has 2 aliphatic rings. The Morgan fingerprint density at radius 2 is 1.97 bits per heavy atom. The Balaban J connectivity index is 1.36. The van der Waals surface area contributed by atoms with Crippen molar-refractivity contribution in [3.63, 3.8) is 0 Å². The molecule has 0 spiro atoms. The number of anilines is 1. The van der Waals surface area contributed by atoms with Gasteiger partial charge in [-0.25, -0.2) is 4.98 Å². The third kappa shape index (κ3) is 5.47. The summed E-state index contributed by atoms with van der Waals surface area (Å²) in [5.41, 5.74) is -0.123. The second-order valence-corrected chi connectivity index (χ2v) is 9.97. The predicted octanol–water partition coefficient (Wildman–Crippen LogP) is 3.95. The number of hydrogen-bond acceptors (Lipinski definition) is 5. The molecule has 1 aliphatic carbocycles. The molecule has 35 heavy (non-hydrogen) atoms. The number of nitrogens with one attached hydrogen (secondary N) is 1. The lowest BCUT2D eigenvalue weighted by Crippen LogP contribution is -2.54. The van der Waals surface area contributed by atoms with Crippen molar-refractivity contribution >= 4 is 11.7 Å². The van der Waals surface area contributed by atoms with Crippen LogP contribution in [0.1, 0.15) is 51.3 Å². The minimum Gasteiger partial charge on any atom is -0.353 e. The van der Waals surface area contributed by atoms with Crippen molar-refractivity contribution in [3.05, 3.63) is 41.9 Å². The molecular formula is C25H35F3N6O. The number of alkyl halides is 3. The van der Waals surface area contributed by atoms with Crippen LogP contribution in [0.4, 0.5) is 19.0 Å². The lowest BCUT2D eigenvalue weighted by atomic mass is 9.74. The lowest BCUT2D eigenvalue weighted by molar-refractivity contribution is -0.145. The molecule has 1 N–H and O–H groups in total. The van der Waals surface area contributed by atoms with Crippen molar-refractivity contribution in [1.29, 1.82) is 0 Å². The first-order valence-electron chi connectivity index (χ1n) is 12.5. The van der Waals surface area contributed by atoms with Gasteiger partial charge in [0.25, 0.3) is 0 Å². The summed E-state index contributed by atoms with van der Waals surface area (Å²) in [6.45, 7) is 9.72. The standard InChI is InChI=1S/C25H35F3N6O/c1-4-34-10-7-21(31-34)17-30-20-5-8-24(16-20,18(2)3)23(35)33-13-11-32(12-14-33)22-15-19(6-9-29-22)25(26,27)28/h6-7,9-10,15,18,20,30H,4-5,8,11-14,16-17H2,1-3H3/t20-,24+/m1/s1. The van der Waals surface area contributed by atoms with Crippen molar-refractivity contribution in [2.24, 2.45) is 11.3 Å². The second kappa shape index (κ2) is 10.2. The number of halogens is 3. The Hall–Kier alpha value is -2.62. The van der Waals surface area contributed by atoms with Crippen LogP contribution in [-0.4, -0.2) is 57.8 Å². The maximum absolute atomic E-state index is 13.8. The summed E-state index contributed by atoms with van der Waals surface area (Å²) in [7, 11) is 0. The molecule has 2 atom stereocenters. The summed E-state index contributed by atoms with van der Waals surface area (Å²) < 4.78 is 41.2. The van der Waals surface area contributed by atoms with Gasteiger partial charge in [0.1, 0.15) is 5.82 Å². The van der Waals surface area contributed by atoms with Crippen molar-refractivity contribution in [2.75, 3.05) is 31.1 Å². The number of aromatic nitrogens is 3. The van der Waals surface area contributed by atoms with Gasteiger partial charge < -0.3 is 15.1 Å². The van der Waals surface area contributed by atoms with E-state index in [-0.39, 0.29) is 17.9 Å². The minimum atomic E-state index is -4.40. The normalized spacial score (nSPS) is 23.3. The average Bonchev–Trinajstić information content (AvgIpc) is 3.50. The highest BCUT2D eigenvalue weighted by atomic mass is 19.4. The molecule has 0 unspecified atom stereocenters. The fourth-order valence-corrected chi connectivity index (χ4v) is 5.36. The molecule has 0 bridgehead atoms. The highest BCUT2D eigenvalue weighted by Gasteiger charge is 2.49. The van der Waals surface area contributed by atoms with Crippen LogP contribution in [0, 0.1) is 11.3 Å². The number of carbonyl (C=O) groups excluding carboxylic acids is 1. The zero-order chi connectivity index (χ0) is 25.2. The van der Waals surface area contributed by atoms with Crippen LogP contribution in [0.25, 0.3) is 0 Å². The van der Waals surface area contributed by atoms with Crippen LogP contribution in [0.2, 0.25) is 0 Å². The van der Waals surface area contributed by atoms with Gasteiger partial charge in [0.15, 0.2) is 0 Å². The van der Waals surface area contributed by atoms with E-state index in [4.69, 9.17) is 0 Å². The largest absolute Gasteiger partial charge is 0.416 e. The van der Waals surface area contributed by atoms with E-state index in [1.165, 1.54) is 6.20 Å². The van der Waals surface area contributed by atoms with E-state index in [1.807, 2.05) is 26.7 Å². The Morgan fingerprint density at radius 1 is 1.23 bits per heavy atom. The maximum Gasteiger partial charge on any atom is 0.416 e. The van der Waals surface area contributed by atoms with Crippen molar-refractivity contribution in [1.82, 2.24) is 25.0 Å². The van der Waals surface area contributed by atoms with Gasteiger partial charge in [0, 0.05) is 57.7 Å². The molecule has 0 radical (unpaired) electrons. The molecule has 1 saturated carbocycles. The third-order valence-corrected chi connectivity index (χ3v) is 7.64. The summed E-state index contributed by atoms with van der Waals surface area (Å²) in [6.07, 6.45) is 1.33. The fraction of sp³-hybridized carbons (Fsp3) is 0.640. The monoisotopic (exact) mass is 492 g/mol. The first kappa shape index (κ1) is 25.5. The molecule has 2 aromatic rings. The van der Waals surface area contributed by atoms with Crippen molar-refractivity contribution in [2.45, 2.75) is 65.3 Å². The summed E-state index contributed by atoms with van der Waals surface area (Å²) in [4.78, 5) is 21.6. The van der Waals surface area contributed by atoms with Crippen LogP contribution < -0.4 is 10.2 Å². The SMILES string of the molecule is CCn1ccc(CN[C@@H]2CC[C@@](C(=O)N3CCN(c4cc(C(F)(F)F)ccn4)CC3)(C(C)C)C2)n1. The topological polar surface area (TPSA) is 66.3 Å². The van der Waals surface area contributed by atoms with Gasteiger partial charge in [-0.2, -0.15) is 18.3 Å². The highest BCUT2D eigenvalue weighted by Crippen LogP contribution is 2.46. The molecule has 1 aliphatic heterocycles. The molecule has 192 valence electrons. The smallest absolute Gasteiger partial charge is 0.353 e. The van der Waals surface area contributed by atoms with Crippen LogP contribution >= 0.6 is 0 Å². The quantitative estimate of drug-likeness (QED) is 0.634. The fourth-order valence-electron chi connectivity index (χ4n) is 5.36. The molecule has 0 aromatic carbocycles. The number of rotatable bonds is 7. The highest BCUT2D eigenvalue weighted by molar-refractivity contribution is 5.83. The number of carbonyl (C=O) groups is 1. The Labute approximate surface area is 204 Å². The lowest BCUT2D eigenvalue weighted by Gasteiger charge is -2.42. The first-order chi connectivity index (χ1) is 16.6. The van der Waals surface area contributed by atoms with Crippen molar-refractivity contribution < 1.29 is 18.0 Å². The number of pyridine rings is 1. The average molecular weight is 493 g/mol. The number of aryl methyl sites for hydroxylation is 1. The zero-order valence-electron chi connectivity index (χ0n) is 20.7. The van der Waals surface area contributed by atoms with E-state index in [1.54, 1.807) is 0 Å². The van der Waals surface area contributed by atoms with Gasteiger partial charge in [0.2, 0.25) is 5.91 Å². The summed E-state index contributed by atoms with van der Waals surface area (Å²) in [5, 5.41) is 8.12. The second-order valence-electron chi connectivity index (χ2n) is 9.97. The summed E-state index contributed by atoms with van der Waals surface area (Å²) >= 11 is 0. The third-order valence-electron chi connectivity index (χ3n) is 7.64. The molecule has 3 heterocycles. The van der Waals surface area contributed by atoms with Gasteiger partial charge in [-0.3, -0.25) is 9.48 Å². The molecule has 10 heteroatoms. The Kier molecular flexibility index (Phi) is 7.40. The van der Waals surface area contributed by atoms with E-state index in [2.05, 4.69) is 36.2 Å². The van der Waals surface area contributed by atoms with E-state index < -0.39 is 17.2 Å². The number of amides is 1. The van der Waals surface area contributed by atoms with Crippen LogP contribution in [0.5, 0.6) is 0 Å². The Bertz CT molecular complexity index is 1010. The Morgan fingerprint density at radius 3 is 2.60 bits per heavy atom. The van der Waals surface area contributed by atoms with Crippen LogP contribution in [-0.2, 0) is 24.1 Å². The molecule has 1 amide bonds. The molecular weight excluding hydrogens is 457 g/mol. The number of hydrogen-bond donors (Lipinski definition) is 1. The van der Waals surface area contributed by atoms with E-state index in [9.17, 15) is 18.0 Å². The van der Waals surface area contributed by atoms with Gasteiger partial charge in [0.05, 0.1) is 16.7 Å². The van der Waals surface area contributed by atoms with Gasteiger partial charge in [-0.05, 0) is 50.3 Å². The maximum atomic E-state index is 13.8. The van der Waals surface area contributed by atoms with Gasteiger partial charge >= 0.3 is 6.18 Å². The van der Waals surface area contributed by atoms with Crippen molar-refractivity contribution in [3.8, 4) is 0 Å². The van der Waals surface area contributed by atoms with E-state index in [0.717, 1.165) is 43.6 Å².